The van der Waals surface area contributed by atoms with Crippen LogP contribution in [0.3, 0.4) is 0 Å². The first-order valence-electron chi connectivity index (χ1n) is 3.97. The minimum Gasteiger partial charge on any atom is -0.264 e. The number of fused-ring (bicyclic) bond motifs is 1. The van der Waals surface area contributed by atoms with Crippen LogP contribution in [0, 0.1) is 5.82 Å². The highest BCUT2D eigenvalue weighted by Crippen LogP contribution is 2.25. The number of rotatable bonds is 1. The van der Waals surface area contributed by atoms with E-state index in [1.807, 2.05) is 0 Å². The van der Waals surface area contributed by atoms with Crippen LogP contribution in [0.2, 0.25) is 0 Å². The van der Waals surface area contributed by atoms with E-state index in [-0.39, 0.29) is 10.8 Å². The molecule has 0 atom stereocenters. The number of hydrogen-bond acceptors (Lipinski definition) is 3. The van der Waals surface area contributed by atoms with Crippen molar-refractivity contribution in [2.45, 2.75) is 4.90 Å². The summed E-state index contributed by atoms with van der Waals surface area (Å²) in [7, 11) is -4.84. The summed E-state index contributed by atoms with van der Waals surface area (Å²) >= 11 is 0. The van der Waals surface area contributed by atoms with Gasteiger partial charge in [0.05, 0.1) is 0 Å². The van der Waals surface area contributed by atoms with Crippen LogP contribution in [0.25, 0.3) is 10.8 Å². The van der Waals surface area contributed by atoms with E-state index in [4.69, 9.17) is 0 Å². The minimum absolute atomic E-state index is 0.00694. The summed E-state index contributed by atoms with van der Waals surface area (Å²) in [6.07, 6.45) is 2.43. The average Bonchev–Trinajstić information content (AvgIpc) is 2.17. The average molecular weight is 229 g/mol. The summed E-state index contributed by atoms with van der Waals surface area (Å²) in [5.74, 6) is -0.634. The van der Waals surface area contributed by atoms with Gasteiger partial charge in [0.25, 0.3) is 0 Å². The van der Waals surface area contributed by atoms with Crippen LogP contribution in [0.1, 0.15) is 0 Å². The van der Waals surface area contributed by atoms with Gasteiger partial charge >= 0.3 is 10.2 Å². The molecule has 0 unspecified atom stereocenters. The van der Waals surface area contributed by atoms with Crippen molar-refractivity contribution in [3.63, 3.8) is 0 Å². The van der Waals surface area contributed by atoms with Crippen molar-refractivity contribution in [1.82, 2.24) is 4.98 Å². The van der Waals surface area contributed by atoms with Crippen LogP contribution in [0.5, 0.6) is 0 Å². The predicted molar refractivity (Wildman–Crippen MR) is 50.0 cm³/mol. The van der Waals surface area contributed by atoms with Gasteiger partial charge in [-0.15, -0.1) is 3.89 Å². The zero-order chi connectivity index (χ0) is 11.1. The highest BCUT2D eigenvalue weighted by atomic mass is 32.3. The minimum atomic E-state index is -4.84. The first-order chi connectivity index (χ1) is 7.00. The second-order valence-corrected chi connectivity index (χ2v) is 4.22. The maximum Gasteiger partial charge on any atom is 0.332 e. The molecule has 0 saturated carbocycles. The Hall–Kier alpha value is -1.56. The monoisotopic (exact) mass is 229 g/mol. The number of hydrogen-bond donors (Lipinski definition) is 0. The smallest absolute Gasteiger partial charge is 0.264 e. The van der Waals surface area contributed by atoms with E-state index < -0.39 is 20.9 Å². The lowest BCUT2D eigenvalue weighted by Crippen LogP contribution is -1.95. The van der Waals surface area contributed by atoms with Gasteiger partial charge < -0.3 is 0 Å². The molecule has 1 aromatic heterocycles. The Kier molecular flexibility index (Phi) is 2.15. The SMILES string of the molecule is O=S(=O)(F)c1ccc(F)c2cnccc12. The molecule has 0 radical (unpaired) electrons. The van der Waals surface area contributed by atoms with Crippen molar-refractivity contribution in [2.24, 2.45) is 0 Å². The van der Waals surface area contributed by atoms with Gasteiger partial charge in [-0.1, -0.05) is 0 Å². The Labute approximate surface area is 84.6 Å². The molecule has 2 rings (SSSR count). The fourth-order valence-electron chi connectivity index (χ4n) is 1.34. The fourth-order valence-corrected chi connectivity index (χ4v) is 2.01. The molecule has 0 amide bonds. The molecule has 3 nitrogen and oxygen atoms in total. The van der Waals surface area contributed by atoms with Gasteiger partial charge in [-0.25, -0.2) is 4.39 Å². The molecular weight excluding hydrogens is 224 g/mol. The maximum atomic E-state index is 13.2. The zero-order valence-electron chi connectivity index (χ0n) is 7.31. The standard InChI is InChI=1S/C9H5F2NO2S/c10-8-1-2-9(15(11,13)14)6-3-4-12-5-7(6)8/h1-5H. The summed E-state index contributed by atoms with van der Waals surface area (Å²) in [6, 6.07) is 3.05. The fraction of sp³-hybridized carbons (Fsp3) is 0. The van der Waals surface area contributed by atoms with Gasteiger partial charge in [-0.05, 0) is 18.2 Å². The van der Waals surface area contributed by atoms with E-state index in [0.29, 0.717) is 0 Å². The van der Waals surface area contributed by atoms with Gasteiger partial charge in [-0.2, -0.15) is 8.42 Å². The number of aromatic nitrogens is 1. The first-order valence-corrected chi connectivity index (χ1v) is 5.35. The van der Waals surface area contributed by atoms with E-state index in [9.17, 15) is 16.7 Å². The molecule has 1 heterocycles. The first kappa shape index (κ1) is 9.97. The van der Waals surface area contributed by atoms with Gasteiger partial charge in [-0.3, -0.25) is 4.98 Å². The van der Waals surface area contributed by atoms with E-state index >= 15 is 0 Å². The lowest BCUT2D eigenvalue weighted by molar-refractivity contribution is 0.553. The molecule has 0 aliphatic rings. The molecular formula is C9H5F2NO2S. The van der Waals surface area contributed by atoms with E-state index in [1.54, 1.807) is 0 Å². The normalized spacial score (nSPS) is 11.9. The third-order valence-corrected chi connectivity index (χ3v) is 2.87. The molecule has 1 aromatic carbocycles. The summed E-state index contributed by atoms with van der Waals surface area (Å²) in [6.45, 7) is 0. The summed E-state index contributed by atoms with van der Waals surface area (Å²) in [5, 5.41) is -0.0243. The highest BCUT2D eigenvalue weighted by Gasteiger charge is 2.17. The van der Waals surface area contributed by atoms with Crippen LogP contribution in [0.15, 0.2) is 35.5 Å². The largest absolute Gasteiger partial charge is 0.332 e. The Morgan fingerprint density at radius 3 is 2.53 bits per heavy atom. The molecule has 0 bridgehead atoms. The molecule has 0 aliphatic heterocycles. The molecule has 0 aliphatic carbocycles. The second kappa shape index (κ2) is 3.23. The van der Waals surface area contributed by atoms with Crippen molar-refractivity contribution in [2.75, 3.05) is 0 Å². The molecule has 0 spiro atoms. The van der Waals surface area contributed by atoms with Crippen molar-refractivity contribution in [3.8, 4) is 0 Å². The molecule has 78 valence electrons. The van der Waals surface area contributed by atoms with Gasteiger partial charge in [0.2, 0.25) is 0 Å². The molecule has 15 heavy (non-hydrogen) atoms. The van der Waals surface area contributed by atoms with Crippen molar-refractivity contribution in [1.29, 1.82) is 0 Å². The van der Waals surface area contributed by atoms with Crippen molar-refractivity contribution in [3.05, 3.63) is 36.4 Å². The summed E-state index contributed by atoms with van der Waals surface area (Å²) in [4.78, 5) is 3.10. The van der Waals surface area contributed by atoms with Gasteiger partial charge in [0, 0.05) is 23.2 Å². The second-order valence-electron chi connectivity index (χ2n) is 2.90. The summed E-state index contributed by atoms with van der Waals surface area (Å²) in [5.41, 5.74) is 0. The summed E-state index contributed by atoms with van der Waals surface area (Å²) < 4.78 is 47.5. The van der Waals surface area contributed by atoms with E-state index in [1.165, 1.54) is 12.3 Å². The van der Waals surface area contributed by atoms with Crippen LogP contribution in [-0.2, 0) is 10.2 Å². The Morgan fingerprint density at radius 1 is 1.13 bits per heavy atom. The third kappa shape index (κ3) is 1.68. The predicted octanol–water partition coefficient (Wildman–Crippen LogP) is 2.03. The third-order valence-electron chi connectivity index (χ3n) is 1.99. The number of pyridine rings is 1. The van der Waals surface area contributed by atoms with Gasteiger partial charge in [0.15, 0.2) is 0 Å². The van der Waals surface area contributed by atoms with Crippen molar-refractivity contribution >= 4 is 21.0 Å². The number of nitrogens with zero attached hydrogens (tertiary/aromatic N) is 1. The molecule has 2 aromatic rings. The Balaban J connectivity index is 2.96. The molecule has 0 fully saturated rings. The Morgan fingerprint density at radius 2 is 1.87 bits per heavy atom. The van der Waals surface area contributed by atoms with Crippen LogP contribution in [-0.4, -0.2) is 13.4 Å². The van der Waals surface area contributed by atoms with Crippen LogP contribution < -0.4 is 0 Å². The quantitative estimate of drug-likeness (QED) is 0.703. The molecule has 6 heteroatoms. The lowest BCUT2D eigenvalue weighted by Gasteiger charge is -2.02. The van der Waals surface area contributed by atoms with E-state index in [2.05, 4.69) is 4.98 Å². The number of halogens is 2. The zero-order valence-corrected chi connectivity index (χ0v) is 8.13. The molecule has 0 saturated heterocycles. The van der Waals surface area contributed by atoms with E-state index in [0.717, 1.165) is 18.3 Å². The Bertz CT molecular complexity index is 625. The van der Waals surface area contributed by atoms with Gasteiger partial charge in [0.1, 0.15) is 10.7 Å². The lowest BCUT2D eigenvalue weighted by atomic mass is 10.2. The van der Waals surface area contributed by atoms with Crippen molar-refractivity contribution < 1.29 is 16.7 Å². The number of benzene rings is 1. The van der Waals surface area contributed by atoms with Crippen LogP contribution >= 0.6 is 0 Å². The maximum absolute atomic E-state index is 13.2. The highest BCUT2D eigenvalue weighted by molar-refractivity contribution is 7.86. The topological polar surface area (TPSA) is 47.0 Å². The van der Waals surface area contributed by atoms with Crippen LogP contribution in [0.4, 0.5) is 8.28 Å². The molecule has 0 N–H and O–H groups in total.